The van der Waals surface area contributed by atoms with E-state index in [9.17, 15) is 14.9 Å². The number of benzene rings is 1. The van der Waals surface area contributed by atoms with E-state index < -0.39 is 10.8 Å². The van der Waals surface area contributed by atoms with Crippen molar-refractivity contribution in [3.05, 3.63) is 64.2 Å². The van der Waals surface area contributed by atoms with Crippen LogP contribution in [0.5, 0.6) is 0 Å². The van der Waals surface area contributed by atoms with E-state index in [4.69, 9.17) is 4.42 Å². The van der Waals surface area contributed by atoms with Crippen molar-refractivity contribution in [2.45, 2.75) is 19.9 Å². The molecule has 3 aromatic rings. The molecule has 0 aliphatic rings. The standard InChI is InChI=1S/C17H16N4O4/c1-11(2)20-6-5-12(10-20)9-18-19-17(22)16-8-13-7-14(21(23)24)3-4-15(13)25-16/h3-11H,1-2H3,(H,19,22)/b18-9-. The van der Waals surface area contributed by atoms with Gasteiger partial charge in [-0.25, -0.2) is 5.43 Å². The number of nitrogens with one attached hydrogen (secondary N) is 1. The molecule has 0 saturated carbocycles. The highest BCUT2D eigenvalue weighted by molar-refractivity contribution is 5.96. The lowest BCUT2D eigenvalue weighted by atomic mass is 10.2. The van der Waals surface area contributed by atoms with Crippen LogP contribution in [0.25, 0.3) is 11.0 Å². The zero-order valence-corrected chi connectivity index (χ0v) is 13.7. The molecule has 0 atom stereocenters. The SMILES string of the molecule is CC(C)n1ccc(/C=N\NC(=O)c2cc3cc([N+](=O)[O-])ccc3o2)c1. The minimum Gasteiger partial charge on any atom is -0.451 e. The van der Waals surface area contributed by atoms with Crippen LogP contribution in [0.15, 0.2) is 52.2 Å². The summed E-state index contributed by atoms with van der Waals surface area (Å²) < 4.78 is 7.41. The van der Waals surface area contributed by atoms with Gasteiger partial charge in [0, 0.05) is 41.5 Å². The number of nitro benzene ring substituents is 1. The zero-order valence-electron chi connectivity index (χ0n) is 13.7. The quantitative estimate of drug-likeness (QED) is 0.436. The van der Waals surface area contributed by atoms with Crippen molar-refractivity contribution < 1.29 is 14.1 Å². The molecule has 0 saturated heterocycles. The van der Waals surface area contributed by atoms with Gasteiger partial charge in [0.1, 0.15) is 5.58 Å². The molecule has 0 spiro atoms. The molecule has 0 aliphatic heterocycles. The molecule has 0 fully saturated rings. The number of hydrazone groups is 1. The average Bonchev–Trinajstić information content (AvgIpc) is 3.20. The Kier molecular flexibility index (Phi) is 4.34. The molecule has 128 valence electrons. The van der Waals surface area contributed by atoms with E-state index in [2.05, 4.69) is 24.4 Å². The Morgan fingerprint density at radius 1 is 1.36 bits per heavy atom. The number of aromatic nitrogens is 1. The van der Waals surface area contributed by atoms with Gasteiger partial charge in [0.05, 0.1) is 11.1 Å². The van der Waals surface area contributed by atoms with Crippen LogP contribution in [0.2, 0.25) is 0 Å². The summed E-state index contributed by atoms with van der Waals surface area (Å²) in [4.78, 5) is 22.4. The Morgan fingerprint density at radius 3 is 2.84 bits per heavy atom. The fraction of sp³-hybridized carbons (Fsp3) is 0.176. The van der Waals surface area contributed by atoms with Gasteiger partial charge in [-0.1, -0.05) is 0 Å². The molecule has 0 radical (unpaired) electrons. The van der Waals surface area contributed by atoms with Crippen LogP contribution in [0.3, 0.4) is 0 Å². The first-order chi connectivity index (χ1) is 11.9. The number of hydrogen-bond acceptors (Lipinski definition) is 5. The van der Waals surface area contributed by atoms with Crippen LogP contribution in [0.1, 0.15) is 36.0 Å². The lowest BCUT2D eigenvalue weighted by Gasteiger charge is -2.04. The maximum atomic E-state index is 12.1. The van der Waals surface area contributed by atoms with E-state index in [0.717, 1.165) is 5.56 Å². The average molecular weight is 340 g/mol. The molecular formula is C17H16N4O4. The lowest BCUT2D eigenvalue weighted by molar-refractivity contribution is -0.384. The first-order valence-electron chi connectivity index (χ1n) is 7.63. The van der Waals surface area contributed by atoms with Crippen LogP contribution >= 0.6 is 0 Å². The minimum absolute atomic E-state index is 0.0346. The molecule has 0 unspecified atom stereocenters. The number of nitro groups is 1. The topological polar surface area (TPSA) is 103 Å². The highest BCUT2D eigenvalue weighted by Gasteiger charge is 2.14. The second-order valence-electron chi connectivity index (χ2n) is 5.77. The van der Waals surface area contributed by atoms with Crippen LogP contribution in [-0.2, 0) is 0 Å². The van der Waals surface area contributed by atoms with Crippen molar-refractivity contribution in [1.82, 2.24) is 9.99 Å². The third-order valence-corrected chi connectivity index (χ3v) is 3.65. The number of furan rings is 1. The van der Waals surface area contributed by atoms with E-state index in [1.54, 1.807) is 0 Å². The van der Waals surface area contributed by atoms with Gasteiger partial charge in [-0.15, -0.1) is 0 Å². The van der Waals surface area contributed by atoms with Gasteiger partial charge in [-0.05, 0) is 32.0 Å². The number of hydrogen-bond donors (Lipinski definition) is 1. The van der Waals surface area contributed by atoms with Crippen molar-refractivity contribution in [3.63, 3.8) is 0 Å². The maximum absolute atomic E-state index is 12.1. The number of fused-ring (bicyclic) bond motifs is 1. The smallest absolute Gasteiger partial charge is 0.307 e. The number of amides is 1. The Balaban J connectivity index is 1.71. The van der Waals surface area contributed by atoms with Gasteiger partial charge >= 0.3 is 5.91 Å². The second kappa shape index (κ2) is 6.60. The molecule has 25 heavy (non-hydrogen) atoms. The third kappa shape index (κ3) is 3.57. The van der Waals surface area contributed by atoms with Gasteiger partial charge < -0.3 is 8.98 Å². The monoisotopic (exact) mass is 340 g/mol. The molecule has 8 heteroatoms. The summed E-state index contributed by atoms with van der Waals surface area (Å²) in [6.45, 7) is 4.13. The highest BCUT2D eigenvalue weighted by Crippen LogP contribution is 2.24. The van der Waals surface area contributed by atoms with Gasteiger partial charge in [0.25, 0.3) is 5.69 Å². The normalized spacial score (nSPS) is 11.5. The lowest BCUT2D eigenvalue weighted by Crippen LogP contribution is -2.16. The van der Waals surface area contributed by atoms with E-state index >= 15 is 0 Å². The van der Waals surface area contributed by atoms with E-state index in [0.29, 0.717) is 17.0 Å². The van der Waals surface area contributed by atoms with Gasteiger partial charge in [-0.2, -0.15) is 5.10 Å². The molecule has 2 heterocycles. The van der Waals surface area contributed by atoms with Crippen LogP contribution < -0.4 is 5.43 Å². The first-order valence-corrected chi connectivity index (χ1v) is 7.63. The summed E-state index contributed by atoms with van der Waals surface area (Å²) in [6, 6.07) is 7.82. The summed E-state index contributed by atoms with van der Waals surface area (Å²) in [5, 5.41) is 15.2. The molecular weight excluding hydrogens is 324 g/mol. The van der Waals surface area contributed by atoms with Crippen LogP contribution in [-0.4, -0.2) is 21.6 Å². The predicted molar refractivity (Wildman–Crippen MR) is 92.7 cm³/mol. The van der Waals surface area contributed by atoms with Crippen molar-refractivity contribution in [1.29, 1.82) is 0 Å². The molecule has 8 nitrogen and oxygen atoms in total. The van der Waals surface area contributed by atoms with E-state index in [-0.39, 0.29) is 11.4 Å². The number of carbonyl (C=O) groups is 1. The van der Waals surface area contributed by atoms with Gasteiger partial charge in [0.15, 0.2) is 5.76 Å². The van der Waals surface area contributed by atoms with Crippen molar-refractivity contribution in [3.8, 4) is 0 Å². The summed E-state index contributed by atoms with van der Waals surface area (Å²) in [6.07, 6.45) is 5.38. The Morgan fingerprint density at radius 2 is 2.16 bits per heavy atom. The Bertz CT molecular complexity index is 968. The number of non-ortho nitro benzene ring substituents is 1. The van der Waals surface area contributed by atoms with E-state index in [1.807, 2.05) is 23.0 Å². The van der Waals surface area contributed by atoms with E-state index in [1.165, 1.54) is 30.5 Å². The molecule has 2 aromatic heterocycles. The Labute approximate surface area is 142 Å². The maximum Gasteiger partial charge on any atom is 0.307 e. The molecule has 0 bridgehead atoms. The molecule has 0 aliphatic carbocycles. The predicted octanol–water partition coefficient (Wildman–Crippen LogP) is 3.49. The Hall–Kier alpha value is -3.42. The van der Waals surface area contributed by atoms with Crippen LogP contribution in [0.4, 0.5) is 5.69 Å². The number of rotatable bonds is 5. The third-order valence-electron chi connectivity index (χ3n) is 3.65. The molecule has 1 aromatic carbocycles. The van der Waals surface area contributed by atoms with Crippen molar-refractivity contribution in [2.75, 3.05) is 0 Å². The zero-order chi connectivity index (χ0) is 18.0. The van der Waals surface area contributed by atoms with Crippen molar-refractivity contribution in [2.24, 2.45) is 5.10 Å². The second-order valence-corrected chi connectivity index (χ2v) is 5.77. The first kappa shape index (κ1) is 16.4. The van der Waals surface area contributed by atoms with Gasteiger partial charge in [0.2, 0.25) is 0 Å². The minimum atomic E-state index is -0.529. The fourth-order valence-electron chi connectivity index (χ4n) is 2.30. The number of nitrogens with zero attached hydrogens (tertiary/aromatic N) is 3. The van der Waals surface area contributed by atoms with Crippen LogP contribution in [0, 0.1) is 10.1 Å². The van der Waals surface area contributed by atoms with Gasteiger partial charge in [-0.3, -0.25) is 14.9 Å². The highest BCUT2D eigenvalue weighted by atomic mass is 16.6. The summed E-state index contributed by atoms with van der Waals surface area (Å²) >= 11 is 0. The number of carbonyl (C=O) groups excluding carboxylic acids is 1. The summed E-state index contributed by atoms with van der Waals surface area (Å²) in [5.74, 6) is -0.495. The molecule has 1 N–H and O–H groups in total. The van der Waals surface area contributed by atoms with Crippen molar-refractivity contribution >= 4 is 28.8 Å². The summed E-state index contributed by atoms with van der Waals surface area (Å²) in [7, 11) is 0. The summed E-state index contributed by atoms with van der Waals surface area (Å²) in [5.41, 5.74) is 3.57. The molecule has 3 rings (SSSR count). The fourth-order valence-corrected chi connectivity index (χ4v) is 2.30. The molecule has 1 amide bonds. The largest absolute Gasteiger partial charge is 0.451 e.